The average Bonchev–Trinajstić information content (AvgIpc) is 2.93. The highest BCUT2D eigenvalue weighted by Gasteiger charge is 2.63. The van der Waals surface area contributed by atoms with Gasteiger partial charge in [-0.1, -0.05) is 24.0 Å². The quantitative estimate of drug-likeness (QED) is 0.398. The lowest BCUT2D eigenvalue weighted by Gasteiger charge is -2.53. The second-order valence-corrected chi connectivity index (χ2v) is 9.58. The minimum Gasteiger partial charge on any atom is -0.462 e. The van der Waals surface area contributed by atoms with Crippen molar-refractivity contribution in [3.63, 3.8) is 0 Å². The van der Waals surface area contributed by atoms with Crippen molar-refractivity contribution in [3.8, 4) is 12.3 Å². The molecule has 4 heteroatoms. The molecule has 0 aromatic rings. The van der Waals surface area contributed by atoms with Crippen LogP contribution in [0.15, 0.2) is 11.1 Å². The molecule has 4 nitrogen and oxygen atoms in total. The van der Waals surface area contributed by atoms with Crippen LogP contribution in [0, 0.1) is 35.5 Å². The molecule has 0 radical (unpaired) electrons. The third-order valence-electron chi connectivity index (χ3n) is 8.33. The van der Waals surface area contributed by atoms with E-state index in [-0.39, 0.29) is 23.5 Å². The largest absolute Gasteiger partial charge is 0.462 e. The van der Waals surface area contributed by atoms with Gasteiger partial charge in [0.25, 0.3) is 0 Å². The van der Waals surface area contributed by atoms with E-state index in [0.717, 1.165) is 51.4 Å². The maximum absolute atomic E-state index is 11.8. The van der Waals surface area contributed by atoms with E-state index < -0.39 is 5.60 Å². The van der Waals surface area contributed by atoms with Crippen LogP contribution in [0.3, 0.4) is 0 Å². The van der Waals surface area contributed by atoms with Crippen molar-refractivity contribution in [2.24, 2.45) is 23.2 Å². The first kappa shape index (κ1) is 19.6. The number of rotatable bonds is 2. The monoisotopic (exact) mass is 384 g/mol. The summed E-state index contributed by atoms with van der Waals surface area (Å²) in [5.41, 5.74) is 2.33. The molecule has 6 atom stereocenters. The lowest BCUT2D eigenvalue weighted by Crippen LogP contribution is -2.52. The maximum Gasteiger partial charge on any atom is 0.304 e. The highest BCUT2D eigenvalue weighted by molar-refractivity contribution is 5.67. The number of carbonyl (C=O) groups excluding carboxylic acids is 2. The second kappa shape index (κ2) is 6.94. The van der Waals surface area contributed by atoms with Gasteiger partial charge in [-0.05, 0) is 69.1 Å². The summed E-state index contributed by atoms with van der Waals surface area (Å²) in [6.07, 6.45) is 15.2. The van der Waals surface area contributed by atoms with E-state index in [1.54, 1.807) is 11.1 Å². The lowest BCUT2D eigenvalue weighted by molar-refractivity contribution is -0.166. The van der Waals surface area contributed by atoms with E-state index in [2.05, 4.69) is 12.8 Å². The fourth-order valence-electron chi connectivity index (χ4n) is 7.19. The van der Waals surface area contributed by atoms with Crippen LogP contribution < -0.4 is 0 Å². The molecule has 2 fully saturated rings. The molecule has 0 heterocycles. The van der Waals surface area contributed by atoms with Crippen LogP contribution in [0.1, 0.15) is 78.6 Å². The first-order chi connectivity index (χ1) is 13.3. The molecule has 0 spiro atoms. The molecule has 2 saturated carbocycles. The number of terminal acetylenes is 1. The number of allylic oxidation sites excluding steroid dienone is 1. The topological polar surface area (TPSA) is 52.6 Å². The van der Waals surface area contributed by atoms with Crippen LogP contribution in [0.5, 0.6) is 0 Å². The molecule has 4 rings (SSSR count). The smallest absolute Gasteiger partial charge is 0.304 e. The van der Waals surface area contributed by atoms with Gasteiger partial charge in [-0.2, -0.15) is 0 Å². The summed E-state index contributed by atoms with van der Waals surface area (Å²) in [4.78, 5) is 23.1. The van der Waals surface area contributed by atoms with E-state index in [1.807, 2.05) is 0 Å². The summed E-state index contributed by atoms with van der Waals surface area (Å²) in [6.45, 7) is 5.25. The van der Waals surface area contributed by atoms with Gasteiger partial charge in [0.15, 0.2) is 5.60 Å². The Balaban J connectivity index is 1.57. The molecular formula is C24H32O4. The van der Waals surface area contributed by atoms with Crippen molar-refractivity contribution in [2.45, 2.75) is 90.3 Å². The van der Waals surface area contributed by atoms with Gasteiger partial charge in [-0.25, -0.2) is 0 Å². The van der Waals surface area contributed by atoms with Crippen LogP contribution in [0.2, 0.25) is 0 Å². The van der Waals surface area contributed by atoms with Crippen LogP contribution in [0.25, 0.3) is 0 Å². The SMILES string of the molecule is C#CC1(OC(C)=O)CC[C@H]2[C@@H]3CCC4=C(CC[C@H](OC(C)=O)C4)[C@H]3CC[C@@]21C. The normalized spacial score (nSPS) is 41.9. The van der Waals surface area contributed by atoms with E-state index in [1.165, 1.54) is 20.3 Å². The zero-order valence-corrected chi connectivity index (χ0v) is 17.4. The molecular weight excluding hydrogens is 352 g/mol. The van der Waals surface area contributed by atoms with Crippen molar-refractivity contribution in [3.05, 3.63) is 11.1 Å². The zero-order valence-electron chi connectivity index (χ0n) is 17.4. The summed E-state index contributed by atoms with van der Waals surface area (Å²) in [7, 11) is 0. The van der Waals surface area contributed by atoms with Crippen molar-refractivity contribution >= 4 is 11.9 Å². The molecule has 4 aliphatic carbocycles. The third-order valence-corrected chi connectivity index (χ3v) is 8.33. The number of carbonyl (C=O) groups is 2. The van der Waals surface area contributed by atoms with Crippen molar-refractivity contribution < 1.29 is 19.1 Å². The second-order valence-electron chi connectivity index (χ2n) is 9.58. The van der Waals surface area contributed by atoms with Gasteiger partial charge in [0, 0.05) is 25.7 Å². The first-order valence-electron chi connectivity index (χ1n) is 10.8. The Kier molecular flexibility index (Phi) is 4.84. The van der Waals surface area contributed by atoms with Gasteiger partial charge in [-0.15, -0.1) is 6.42 Å². The van der Waals surface area contributed by atoms with Crippen LogP contribution in [0.4, 0.5) is 0 Å². The molecule has 0 bridgehead atoms. The van der Waals surface area contributed by atoms with Crippen molar-refractivity contribution in [1.82, 2.24) is 0 Å². The predicted molar refractivity (Wildman–Crippen MR) is 106 cm³/mol. The molecule has 0 aliphatic heterocycles. The summed E-state index contributed by atoms with van der Waals surface area (Å²) < 4.78 is 11.3. The standard InChI is InChI=1S/C24H32O4/c1-5-24(28-16(3)26)13-11-22-21-8-6-17-14-18(27-15(2)25)7-9-19(17)20(21)10-12-23(22,24)4/h1,18,20-22H,6-14H2,2-4H3/t18-,20+,21+,22-,23-,24?/m0/s1. The number of hydrogen-bond donors (Lipinski definition) is 0. The lowest BCUT2D eigenvalue weighted by atomic mass is 9.52. The van der Waals surface area contributed by atoms with Gasteiger partial charge in [0.1, 0.15) is 6.10 Å². The molecule has 4 aliphatic rings. The minimum atomic E-state index is -0.740. The van der Waals surface area contributed by atoms with Gasteiger partial charge in [-0.3, -0.25) is 9.59 Å². The molecule has 0 aromatic carbocycles. The summed E-state index contributed by atoms with van der Waals surface area (Å²) in [5.74, 6) is 4.27. The molecule has 1 unspecified atom stereocenters. The van der Waals surface area contributed by atoms with Gasteiger partial charge in [0.2, 0.25) is 0 Å². The zero-order chi connectivity index (χ0) is 20.1. The Morgan fingerprint density at radius 1 is 1.07 bits per heavy atom. The molecule has 0 aromatic heterocycles. The fourth-order valence-corrected chi connectivity index (χ4v) is 7.19. The summed E-state index contributed by atoms with van der Waals surface area (Å²) >= 11 is 0. The molecule has 152 valence electrons. The third kappa shape index (κ3) is 2.90. The van der Waals surface area contributed by atoms with Gasteiger partial charge >= 0.3 is 11.9 Å². The number of hydrogen-bond acceptors (Lipinski definition) is 4. The minimum absolute atomic E-state index is 0.0613. The molecule has 0 saturated heterocycles. The fraction of sp³-hybridized carbons (Fsp3) is 0.750. The van der Waals surface area contributed by atoms with Gasteiger partial charge < -0.3 is 9.47 Å². The number of esters is 2. The van der Waals surface area contributed by atoms with E-state index in [9.17, 15) is 9.59 Å². The van der Waals surface area contributed by atoms with Crippen LogP contribution >= 0.6 is 0 Å². The maximum atomic E-state index is 11.8. The Hall–Kier alpha value is -1.76. The Morgan fingerprint density at radius 3 is 2.54 bits per heavy atom. The van der Waals surface area contributed by atoms with Crippen molar-refractivity contribution in [1.29, 1.82) is 0 Å². The number of fused-ring (bicyclic) bond motifs is 4. The first-order valence-corrected chi connectivity index (χ1v) is 10.8. The Labute approximate surface area is 168 Å². The Morgan fingerprint density at radius 2 is 1.86 bits per heavy atom. The highest BCUT2D eigenvalue weighted by atomic mass is 16.6. The van der Waals surface area contributed by atoms with Crippen LogP contribution in [-0.2, 0) is 19.1 Å². The van der Waals surface area contributed by atoms with Crippen LogP contribution in [-0.4, -0.2) is 23.6 Å². The molecule has 0 N–H and O–H groups in total. The van der Waals surface area contributed by atoms with E-state index >= 15 is 0 Å². The number of ether oxygens (including phenoxy) is 2. The molecule has 28 heavy (non-hydrogen) atoms. The summed E-state index contributed by atoms with van der Waals surface area (Å²) in [5, 5.41) is 0. The molecule has 0 amide bonds. The van der Waals surface area contributed by atoms with Crippen molar-refractivity contribution in [2.75, 3.05) is 0 Å². The van der Waals surface area contributed by atoms with Gasteiger partial charge in [0.05, 0.1) is 0 Å². The van der Waals surface area contributed by atoms with E-state index in [4.69, 9.17) is 15.9 Å². The van der Waals surface area contributed by atoms with E-state index in [0.29, 0.717) is 17.8 Å². The average molecular weight is 385 g/mol. The highest BCUT2D eigenvalue weighted by Crippen LogP contribution is 2.65. The Bertz CT molecular complexity index is 759. The summed E-state index contributed by atoms with van der Waals surface area (Å²) in [6, 6.07) is 0. The predicted octanol–water partition coefficient (Wildman–Crippen LogP) is 4.57.